The number of hydrogen-bond acceptors (Lipinski definition) is 5. The molecule has 3 heterocycles. The van der Waals surface area contributed by atoms with Crippen LogP contribution in [0.25, 0.3) is 10.9 Å². The van der Waals surface area contributed by atoms with E-state index in [0.717, 1.165) is 43.0 Å². The zero-order chi connectivity index (χ0) is 20.3. The zero-order valence-corrected chi connectivity index (χ0v) is 17.4. The molecule has 2 atom stereocenters. The van der Waals surface area contributed by atoms with E-state index in [1.807, 2.05) is 26.0 Å². The summed E-state index contributed by atoms with van der Waals surface area (Å²) in [6.07, 6.45) is 3.26. The molecule has 5 rings (SSSR count). The number of likely N-dealkylation sites (N-methyl/N-ethyl adjacent to an activating group) is 1. The Morgan fingerprint density at radius 3 is 2.66 bits per heavy atom. The van der Waals surface area contributed by atoms with Crippen molar-refractivity contribution in [3.8, 4) is 0 Å². The number of nitrogens with zero attached hydrogens (tertiary/aromatic N) is 4. The van der Waals surface area contributed by atoms with Crippen molar-refractivity contribution in [1.82, 2.24) is 19.8 Å². The fourth-order valence-electron chi connectivity index (χ4n) is 4.90. The highest BCUT2D eigenvalue weighted by molar-refractivity contribution is 5.83. The molecule has 0 radical (unpaired) electrons. The van der Waals surface area contributed by atoms with E-state index in [4.69, 9.17) is 4.98 Å². The predicted molar refractivity (Wildman–Crippen MR) is 113 cm³/mol. The highest BCUT2D eigenvalue weighted by Crippen LogP contribution is 2.39. The molecule has 1 aliphatic carbocycles. The van der Waals surface area contributed by atoms with Crippen LogP contribution in [0.1, 0.15) is 44.9 Å². The minimum atomic E-state index is -0.138. The number of amides is 1. The average Bonchev–Trinajstić information content (AvgIpc) is 3.34. The third-order valence-electron chi connectivity index (χ3n) is 6.51. The molecule has 0 unspecified atom stereocenters. The van der Waals surface area contributed by atoms with Gasteiger partial charge in [0.1, 0.15) is 12.4 Å². The van der Waals surface area contributed by atoms with Gasteiger partial charge in [0.25, 0.3) is 5.56 Å². The third kappa shape index (κ3) is 3.31. The molecular weight excluding hydrogens is 366 g/mol. The van der Waals surface area contributed by atoms with Crippen LogP contribution >= 0.6 is 0 Å². The van der Waals surface area contributed by atoms with E-state index in [0.29, 0.717) is 23.4 Å². The van der Waals surface area contributed by atoms with Gasteiger partial charge in [-0.25, -0.2) is 4.98 Å². The first kappa shape index (κ1) is 18.6. The Labute approximate surface area is 170 Å². The SMILES string of the molecule is CC(C)NC(=O)Cn1c(C2CC2)nc2ccc(N3C[C@H]4C[C@H]3CN4C)cc2c1=O. The van der Waals surface area contributed by atoms with E-state index in [9.17, 15) is 9.59 Å². The summed E-state index contributed by atoms with van der Waals surface area (Å²) < 4.78 is 1.60. The maximum absolute atomic E-state index is 13.4. The summed E-state index contributed by atoms with van der Waals surface area (Å²) >= 11 is 0. The fourth-order valence-corrected chi connectivity index (χ4v) is 4.90. The van der Waals surface area contributed by atoms with E-state index >= 15 is 0 Å². The average molecular weight is 396 g/mol. The van der Waals surface area contributed by atoms with Crippen LogP contribution in [0, 0.1) is 0 Å². The van der Waals surface area contributed by atoms with Crippen molar-refractivity contribution in [1.29, 1.82) is 0 Å². The van der Waals surface area contributed by atoms with Crippen LogP contribution in [0.2, 0.25) is 0 Å². The molecule has 3 aliphatic rings. The number of rotatable bonds is 5. The standard InChI is InChI=1S/C22H29N5O2/c1-13(2)23-20(28)12-27-21(14-4-5-14)24-19-7-6-15(9-18(19)22(27)29)26-11-16-8-17(26)10-25(16)3/h6-7,9,13-14,16-17H,4-5,8,10-12H2,1-3H3,(H,23,28)/t16-,17+/m1/s1. The molecule has 2 aliphatic heterocycles. The van der Waals surface area contributed by atoms with Gasteiger partial charge < -0.3 is 10.2 Å². The van der Waals surface area contributed by atoms with Crippen molar-refractivity contribution in [2.75, 3.05) is 25.0 Å². The maximum atomic E-state index is 13.4. The van der Waals surface area contributed by atoms with Gasteiger partial charge in [-0.15, -0.1) is 0 Å². The molecule has 0 spiro atoms. The molecule has 1 saturated carbocycles. The Bertz CT molecular complexity index is 1020. The number of aromatic nitrogens is 2. The Balaban J connectivity index is 1.53. The molecule has 2 saturated heterocycles. The third-order valence-corrected chi connectivity index (χ3v) is 6.51. The largest absolute Gasteiger partial charge is 0.366 e. The van der Waals surface area contributed by atoms with Gasteiger partial charge in [-0.1, -0.05) is 0 Å². The molecule has 1 aromatic heterocycles. The van der Waals surface area contributed by atoms with Crippen LogP contribution in [0.5, 0.6) is 0 Å². The highest BCUT2D eigenvalue weighted by Gasteiger charge is 2.41. The number of nitrogens with one attached hydrogen (secondary N) is 1. The summed E-state index contributed by atoms with van der Waals surface area (Å²) in [5, 5.41) is 3.50. The summed E-state index contributed by atoms with van der Waals surface area (Å²) in [6, 6.07) is 7.22. The van der Waals surface area contributed by atoms with Gasteiger partial charge in [0.2, 0.25) is 5.91 Å². The zero-order valence-electron chi connectivity index (χ0n) is 17.4. The summed E-state index contributed by atoms with van der Waals surface area (Å²) in [6.45, 7) is 5.96. The van der Waals surface area contributed by atoms with Gasteiger partial charge in [-0.05, 0) is 58.4 Å². The Kier molecular flexibility index (Phi) is 4.38. The van der Waals surface area contributed by atoms with Gasteiger partial charge in [-0.3, -0.25) is 19.1 Å². The van der Waals surface area contributed by atoms with E-state index in [2.05, 4.69) is 28.2 Å². The number of anilines is 1. The Hall–Kier alpha value is -2.41. The second-order valence-corrected chi connectivity index (χ2v) is 9.19. The number of benzene rings is 1. The Morgan fingerprint density at radius 2 is 2.03 bits per heavy atom. The number of piperazine rings is 1. The molecule has 2 bridgehead atoms. The van der Waals surface area contributed by atoms with Crippen molar-refractivity contribution in [2.24, 2.45) is 0 Å². The Morgan fingerprint density at radius 1 is 1.24 bits per heavy atom. The van der Waals surface area contributed by atoms with Crippen molar-refractivity contribution < 1.29 is 4.79 Å². The molecule has 7 heteroatoms. The van der Waals surface area contributed by atoms with Crippen molar-refractivity contribution in [3.63, 3.8) is 0 Å². The van der Waals surface area contributed by atoms with Crippen LogP contribution in [0.3, 0.4) is 0 Å². The fraction of sp³-hybridized carbons (Fsp3) is 0.591. The highest BCUT2D eigenvalue weighted by atomic mass is 16.2. The topological polar surface area (TPSA) is 70.5 Å². The number of likely N-dealkylation sites (tertiary alicyclic amines) is 1. The van der Waals surface area contributed by atoms with Crippen molar-refractivity contribution in [2.45, 2.75) is 63.7 Å². The predicted octanol–water partition coefficient (Wildman–Crippen LogP) is 1.69. The molecule has 2 aromatic rings. The van der Waals surface area contributed by atoms with Gasteiger partial charge in [0, 0.05) is 42.8 Å². The van der Waals surface area contributed by atoms with Crippen LogP contribution in [-0.4, -0.2) is 58.6 Å². The quantitative estimate of drug-likeness (QED) is 0.834. The summed E-state index contributed by atoms with van der Waals surface area (Å²) in [5.41, 5.74) is 1.73. The molecule has 29 heavy (non-hydrogen) atoms. The first-order valence-electron chi connectivity index (χ1n) is 10.7. The lowest BCUT2D eigenvalue weighted by atomic mass is 10.1. The second-order valence-electron chi connectivity index (χ2n) is 9.19. The van der Waals surface area contributed by atoms with Crippen molar-refractivity contribution >= 4 is 22.5 Å². The first-order chi connectivity index (χ1) is 13.9. The monoisotopic (exact) mass is 395 g/mol. The molecule has 154 valence electrons. The van der Waals surface area contributed by atoms with Gasteiger partial charge in [0.05, 0.1) is 10.9 Å². The van der Waals surface area contributed by atoms with E-state index in [1.54, 1.807) is 4.57 Å². The van der Waals surface area contributed by atoms with Crippen LogP contribution in [0.4, 0.5) is 5.69 Å². The van der Waals surface area contributed by atoms with E-state index in [-0.39, 0.29) is 24.1 Å². The lowest BCUT2D eigenvalue weighted by Gasteiger charge is -2.33. The van der Waals surface area contributed by atoms with E-state index in [1.165, 1.54) is 6.42 Å². The molecule has 3 fully saturated rings. The molecular formula is C22H29N5O2. The minimum Gasteiger partial charge on any atom is -0.366 e. The van der Waals surface area contributed by atoms with Crippen LogP contribution < -0.4 is 15.8 Å². The molecule has 1 N–H and O–H groups in total. The van der Waals surface area contributed by atoms with Crippen LogP contribution in [0.15, 0.2) is 23.0 Å². The molecule has 1 aromatic carbocycles. The number of hydrogen-bond donors (Lipinski definition) is 1. The lowest BCUT2D eigenvalue weighted by Crippen LogP contribution is -2.44. The molecule has 1 amide bonds. The van der Waals surface area contributed by atoms with E-state index < -0.39 is 0 Å². The first-order valence-corrected chi connectivity index (χ1v) is 10.7. The lowest BCUT2D eigenvalue weighted by molar-refractivity contribution is -0.122. The smallest absolute Gasteiger partial charge is 0.261 e. The summed E-state index contributed by atoms with van der Waals surface area (Å²) in [7, 11) is 2.19. The maximum Gasteiger partial charge on any atom is 0.261 e. The van der Waals surface area contributed by atoms with Crippen molar-refractivity contribution in [3.05, 3.63) is 34.4 Å². The van der Waals surface area contributed by atoms with Gasteiger partial charge in [-0.2, -0.15) is 0 Å². The van der Waals surface area contributed by atoms with Gasteiger partial charge >= 0.3 is 0 Å². The summed E-state index contributed by atoms with van der Waals surface area (Å²) in [5.74, 6) is 0.917. The van der Waals surface area contributed by atoms with Crippen LogP contribution in [-0.2, 0) is 11.3 Å². The number of fused-ring (bicyclic) bond motifs is 3. The minimum absolute atomic E-state index is 0.0369. The normalized spacial score (nSPS) is 24.1. The molecule has 7 nitrogen and oxygen atoms in total. The van der Waals surface area contributed by atoms with Gasteiger partial charge in [0.15, 0.2) is 0 Å². The summed E-state index contributed by atoms with van der Waals surface area (Å²) in [4.78, 5) is 35.4. The second kappa shape index (κ2) is 6.83. The number of carbonyl (C=O) groups is 1. The number of carbonyl (C=O) groups excluding carboxylic acids is 1.